The van der Waals surface area contributed by atoms with Crippen molar-refractivity contribution >= 4 is 27.6 Å². The normalized spacial score (nSPS) is 11.3. The van der Waals surface area contributed by atoms with Crippen molar-refractivity contribution in [2.45, 2.75) is 12.8 Å². The molecule has 0 aliphatic carbocycles. The van der Waals surface area contributed by atoms with Crippen LogP contribution in [0.5, 0.6) is 5.75 Å². The van der Waals surface area contributed by atoms with Gasteiger partial charge < -0.3 is 9.84 Å². The maximum atomic E-state index is 14.9. The van der Waals surface area contributed by atoms with Crippen molar-refractivity contribution in [1.29, 1.82) is 0 Å². The number of benzene rings is 2. The molecule has 2 aromatic carbocycles. The molecule has 0 spiro atoms. The highest BCUT2D eigenvalue weighted by molar-refractivity contribution is 7.70. The van der Waals surface area contributed by atoms with E-state index in [0.29, 0.717) is 22.7 Å². The molecule has 0 aliphatic rings. The number of aryl methyl sites for hydroxylation is 1. The highest BCUT2D eigenvalue weighted by atomic mass is 32.2. The Labute approximate surface area is 182 Å². The number of thiol groups is 1. The van der Waals surface area contributed by atoms with Crippen LogP contribution in [0.15, 0.2) is 36.5 Å². The second-order valence-corrected chi connectivity index (χ2v) is 7.60. The standard InChI is InChI=1S/C21H19F3N2O5S/c22-16-10-12(2-1-5-26-32(29)30)19(23)18(20(16)24)21(28)13-3-4-17-14(8-13)9-15(11-25-17)31-7-6-27/h3-4,8-11,27,32H,1-2,5-7H2,(H,26,29,30). The minimum absolute atomic E-state index is 0.0151. The molecule has 32 heavy (non-hydrogen) atoms. The topological polar surface area (TPSA) is 106 Å². The number of rotatable bonds is 10. The van der Waals surface area contributed by atoms with Crippen molar-refractivity contribution in [3.8, 4) is 5.75 Å². The lowest BCUT2D eigenvalue weighted by Gasteiger charge is -2.11. The van der Waals surface area contributed by atoms with E-state index in [1.807, 2.05) is 0 Å². The number of aliphatic hydroxyl groups is 1. The van der Waals surface area contributed by atoms with Gasteiger partial charge in [0.15, 0.2) is 17.4 Å². The number of fused-ring (bicyclic) bond motifs is 1. The zero-order valence-electron chi connectivity index (χ0n) is 16.6. The lowest BCUT2D eigenvalue weighted by atomic mass is 9.96. The minimum Gasteiger partial charge on any atom is -0.490 e. The lowest BCUT2D eigenvalue weighted by molar-refractivity contribution is 0.102. The maximum Gasteiger partial charge on any atom is 0.201 e. The summed E-state index contributed by atoms with van der Waals surface area (Å²) in [5, 5.41) is 9.30. The van der Waals surface area contributed by atoms with Gasteiger partial charge in [0.25, 0.3) is 0 Å². The molecule has 11 heteroatoms. The second-order valence-electron chi connectivity index (χ2n) is 6.77. The zero-order chi connectivity index (χ0) is 23.3. The van der Waals surface area contributed by atoms with Crippen LogP contribution < -0.4 is 9.46 Å². The Bertz CT molecular complexity index is 1230. The molecule has 170 valence electrons. The fourth-order valence-electron chi connectivity index (χ4n) is 3.13. The number of hydrogen-bond donors (Lipinski definition) is 3. The van der Waals surface area contributed by atoms with Crippen LogP contribution >= 0.6 is 0 Å². The van der Waals surface area contributed by atoms with Gasteiger partial charge in [-0.3, -0.25) is 9.78 Å². The molecule has 0 radical (unpaired) electrons. The number of nitrogens with one attached hydrogen (secondary N) is 1. The Balaban J connectivity index is 1.94. The highest BCUT2D eigenvalue weighted by Gasteiger charge is 2.25. The molecule has 2 N–H and O–H groups in total. The van der Waals surface area contributed by atoms with Gasteiger partial charge in [-0.25, -0.2) is 26.3 Å². The largest absolute Gasteiger partial charge is 0.490 e. The van der Waals surface area contributed by atoms with Gasteiger partial charge in [-0.05, 0) is 48.7 Å². The third-order valence-electron chi connectivity index (χ3n) is 4.60. The van der Waals surface area contributed by atoms with Crippen LogP contribution in [0.25, 0.3) is 10.9 Å². The van der Waals surface area contributed by atoms with E-state index >= 15 is 0 Å². The van der Waals surface area contributed by atoms with Gasteiger partial charge in [0.1, 0.15) is 18.2 Å². The number of aliphatic hydroxyl groups excluding tert-OH is 1. The van der Waals surface area contributed by atoms with Crippen LogP contribution in [0, 0.1) is 17.5 Å². The molecule has 1 aromatic heterocycles. The fraction of sp³-hybridized carbons (Fsp3) is 0.238. The lowest BCUT2D eigenvalue weighted by Crippen LogP contribution is -2.15. The van der Waals surface area contributed by atoms with Crippen LogP contribution in [-0.4, -0.2) is 44.1 Å². The summed E-state index contributed by atoms with van der Waals surface area (Å²) in [7, 11) is -2.83. The molecule has 0 aliphatic heterocycles. The number of carbonyl (C=O) groups is 1. The van der Waals surface area contributed by atoms with Crippen LogP contribution in [-0.2, 0) is 17.3 Å². The first-order valence-electron chi connectivity index (χ1n) is 9.54. The Morgan fingerprint density at radius 3 is 2.62 bits per heavy atom. The van der Waals surface area contributed by atoms with E-state index in [4.69, 9.17) is 9.84 Å². The van der Waals surface area contributed by atoms with E-state index in [1.54, 1.807) is 6.07 Å². The summed E-state index contributed by atoms with van der Waals surface area (Å²) in [4.78, 5) is 17.0. The van der Waals surface area contributed by atoms with Crippen LogP contribution in [0.2, 0.25) is 0 Å². The Morgan fingerprint density at radius 2 is 1.91 bits per heavy atom. The van der Waals surface area contributed by atoms with Crippen molar-refractivity contribution in [2.24, 2.45) is 0 Å². The molecule has 0 atom stereocenters. The summed E-state index contributed by atoms with van der Waals surface area (Å²) in [6.07, 6.45) is 1.44. The third-order valence-corrected chi connectivity index (χ3v) is 5.08. The van der Waals surface area contributed by atoms with Crippen molar-refractivity contribution in [1.82, 2.24) is 9.71 Å². The first-order chi connectivity index (χ1) is 15.3. The Morgan fingerprint density at radius 1 is 1.12 bits per heavy atom. The molecule has 0 bridgehead atoms. The average molecular weight is 468 g/mol. The van der Waals surface area contributed by atoms with Gasteiger partial charge in [-0.15, -0.1) is 0 Å². The number of ketones is 1. The molecular weight excluding hydrogens is 449 g/mol. The molecule has 1 heterocycles. The maximum absolute atomic E-state index is 14.9. The van der Waals surface area contributed by atoms with E-state index in [0.717, 1.165) is 0 Å². The number of carbonyl (C=O) groups excluding carboxylic acids is 1. The van der Waals surface area contributed by atoms with Gasteiger partial charge in [0, 0.05) is 17.5 Å². The summed E-state index contributed by atoms with van der Waals surface area (Å²) in [6.45, 7) is -0.184. The van der Waals surface area contributed by atoms with Gasteiger partial charge in [0.05, 0.1) is 23.9 Å². The predicted molar refractivity (Wildman–Crippen MR) is 111 cm³/mol. The van der Waals surface area contributed by atoms with E-state index < -0.39 is 39.7 Å². The van der Waals surface area contributed by atoms with Gasteiger partial charge >= 0.3 is 0 Å². The summed E-state index contributed by atoms with van der Waals surface area (Å²) < 4.78 is 71.9. The summed E-state index contributed by atoms with van der Waals surface area (Å²) in [6, 6.07) is 6.36. The van der Waals surface area contributed by atoms with Gasteiger partial charge in [-0.2, -0.15) is 0 Å². The first kappa shape index (κ1) is 23.6. The monoisotopic (exact) mass is 468 g/mol. The van der Waals surface area contributed by atoms with E-state index in [9.17, 15) is 26.4 Å². The fourth-order valence-corrected chi connectivity index (χ4v) is 3.47. The van der Waals surface area contributed by atoms with Crippen molar-refractivity contribution in [3.63, 3.8) is 0 Å². The number of pyridine rings is 1. The third kappa shape index (κ3) is 5.42. The molecule has 0 saturated carbocycles. The molecule has 3 aromatic rings. The summed E-state index contributed by atoms with van der Waals surface area (Å²) >= 11 is 0. The zero-order valence-corrected chi connectivity index (χ0v) is 17.5. The van der Waals surface area contributed by atoms with Crippen molar-refractivity contribution in [3.05, 3.63) is 70.7 Å². The van der Waals surface area contributed by atoms with Gasteiger partial charge in [-0.1, -0.05) is 0 Å². The number of nitrogens with zero attached hydrogens (tertiary/aromatic N) is 1. The quantitative estimate of drug-likeness (QED) is 0.183. The minimum atomic E-state index is -2.83. The highest BCUT2D eigenvalue weighted by Crippen LogP contribution is 2.26. The van der Waals surface area contributed by atoms with Gasteiger partial charge in [0.2, 0.25) is 10.9 Å². The van der Waals surface area contributed by atoms with E-state index in [1.165, 1.54) is 24.4 Å². The van der Waals surface area contributed by atoms with Crippen LogP contribution in [0.3, 0.4) is 0 Å². The molecular formula is C21H19F3N2O5S. The van der Waals surface area contributed by atoms with Crippen molar-refractivity contribution < 1.29 is 36.2 Å². The number of hydrogen-bond acceptors (Lipinski definition) is 6. The molecule has 0 amide bonds. The van der Waals surface area contributed by atoms with Crippen LogP contribution in [0.1, 0.15) is 27.9 Å². The molecule has 0 saturated heterocycles. The SMILES string of the molecule is O=C(c1ccc2ncc(OCCO)cc2c1)c1c(F)c(F)cc(CCCN[SH](=O)=O)c1F. The average Bonchev–Trinajstić information content (AvgIpc) is 2.77. The van der Waals surface area contributed by atoms with E-state index in [-0.39, 0.29) is 43.7 Å². The molecule has 0 fully saturated rings. The molecule has 0 unspecified atom stereocenters. The molecule has 3 rings (SSSR count). The number of halogens is 3. The second kappa shape index (κ2) is 10.5. The smallest absolute Gasteiger partial charge is 0.201 e. The predicted octanol–water partition coefficient (Wildman–Crippen LogP) is 2.30. The van der Waals surface area contributed by atoms with E-state index in [2.05, 4.69) is 9.71 Å². The van der Waals surface area contributed by atoms with Crippen molar-refractivity contribution in [2.75, 3.05) is 19.8 Å². The first-order valence-corrected chi connectivity index (χ1v) is 10.7. The number of ether oxygens (including phenoxy) is 1. The molecule has 7 nitrogen and oxygen atoms in total. The number of aromatic nitrogens is 1. The Kier molecular flexibility index (Phi) is 7.78. The Hall–Kier alpha value is -3.02. The summed E-state index contributed by atoms with van der Waals surface area (Å²) in [5.41, 5.74) is -0.860. The summed E-state index contributed by atoms with van der Waals surface area (Å²) in [5.74, 6) is -4.90. The van der Waals surface area contributed by atoms with Crippen LogP contribution in [0.4, 0.5) is 13.2 Å².